The number of aliphatic hydroxyl groups excluding tert-OH is 1. The van der Waals surface area contributed by atoms with Crippen molar-refractivity contribution in [2.45, 2.75) is 26.8 Å². The van der Waals surface area contributed by atoms with Crippen LogP contribution in [0.3, 0.4) is 0 Å². The van der Waals surface area contributed by atoms with Crippen LogP contribution in [-0.2, 0) is 0 Å². The zero-order valence-corrected chi connectivity index (χ0v) is 9.79. The van der Waals surface area contributed by atoms with Crippen LogP contribution in [0.25, 0.3) is 0 Å². The maximum absolute atomic E-state index is 9.11. The Morgan fingerprint density at radius 3 is 2.40 bits per heavy atom. The van der Waals surface area contributed by atoms with Gasteiger partial charge in [-0.1, -0.05) is 6.07 Å². The highest BCUT2D eigenvalue weighted by atomic mass is 16.5. The summed E-state index contributed by atoms with van der Waals surface area (Å²) in [4.78, 5) is 0. The van der Waals surface area contributed by atoms with E-state index in [-0.39, 0.29) is 12.6 Å². The predicted molar refractivity (Wildman–Crippen MR) is 61.2 cm³/mol. The van der Waals surface area contributed by atoms with Crippen molar-refractivity contribution in [1.82, 2.24) is 0 Å². The number of rotatable bonds is 3. The van der Waals surface area contributed by atoms with Gasteiger partial charge in [0.1, 0.15) is 5.75 Å². The fraction of sp³-hybridized carbons (Fsp3) is 0.500. The van der Waals surface area contributed by atoms with E-state index in [9.17, 15) is 0 Å². The molecule has 1 aromatic carbocycles. The van der Waals surface area contributed by atoms with Gasteiger partial charge in [-0.05, 0) is 37.5 Å². The van der Waals surface area contributed by atoms with Crippen molar-refractivity contribution in [3.63, 3.8) is 0 Å². The third kappa shape index (κ3) is 2.13. The van der Waals surface area contributed by atoms with Crippen LogP contribution < -0.4 is 10.5 Å². The fourth-order valence-electron chi connectivity index (χ4n) is 1.89. The molecule has 0 amide bonds. The van der Waals surface area contributed by atoms with Crippen molar-refractivity contribution in [2.24, 2.45) is 5.73 Å². The molecule has 1 rings (SSSR count). The smallest absolute Gasteiger partial charge is 0.127 e. The maximum Gasteiger partial charge on any atom is 0.127 e. The largest absolute Gasteiger partial charge is 0.496 e. The van der Waals surface area contributed by atoms with E-state index in [1.165, 1.54) is 5.56 Å². The first kappa shape index (κ1) is 12.0. The summed E-state index contributed by atoms with van der Waals surface area (Å²) in [5, 5.41) is 9.11. The summed E-state index contributed by atoms with van der Waals surface area (Å²) in [7, 11) is 1.63. The van der Waals surface area contributed by atoms with Crippen LogP contribution in [0, 0.1) is 20.8 Å². The monoisotopic (exact) mass is 209 g/mol. The Balaban J connectivity index is 3.41. The van der Waals surface area contributed by atoms with Gasteiger partial charge < -0.3 is 15.6 Å². The summed E-state index contributed by atoms with van der Waals surface area (Å²) in [6.07, 6.45) is 0. The zero-order chi connectivity index (χ0) is 11.6. The highest BCUT2D eigenvalue weighted by molar-refractivity contribution is 5.51. The Morgan fingerprint density at radius 2 is 1.93 bits per heavy atom. The van der Waals surface area contributed by atoms with Gasteiger partial charge in [0.2, 0.25) is 0 Å². The number of hydrogen-bond acceptors (Lipinski definition) is 3. The first-order chi connectivity index (χ1) is 7.02. The molecule has 0 aliphatic carbocycles. The molecule has 3 heteroatoms. The predicted octanol–water partition coefficient (Wildman–Crippen LogP) is 1.61. The summed E-state index contributed by atoms with van der Waals surface area (Å²) in [5.41, 5.74) is 10.1. The number of ether oxygens (including phenoxy) is 1. The molecule has 0 bridgehead atoms. The average Bonchev–Trinajstić information content (AvgIpc) is 2.21. The average molecular weight is 209 g/mol. The second-order valence-electron chi connectivity index (χ2n) is 3.87. The van der Waals surface area contributed by atoms with E-state index >= 15 is 0 Å². The lowest BCUT2D eigenvalue weighted by Gasteiger charge is -2.20. The van der Waals surface area contributed by atoms with Crippen molar-refractivity contribution in [3.05, 3.63) is 28.3 Å². The Labute approximate surface area is 90.9 Å². The molecule has 0 spiro atoms. The van der Waals surface area contributed by atoms with E-state index in [1.54, 1.807) is 7.11 Å². The second-order valence-corrected chi connectivity index (χ2v) is 3.87. The Morgan fingerprint density at radius 1 is 1.33 bits per heavy atom. The minimum absolute atomic E-state index is 0.0697. The van der Waals surface area contributed by atoms with Gasteiger partial charge in [0.15, 0.2) is 0 Å². The molecule has 1 aromatic rings. The molecule has 0 saturated heterocycles. The number of aliphatic hydroxyl groups is 1. The molecular formula is C12H19NO2. The molecule has 1 atom stereocenters. The molecule has 0 aliphatic rings. The Hall–Kier alpha value is -1.06. The van der Waals surface area contributed by atoms with Crippen LogP contribution in [0.4, 0.5) is 0 Å². The van der Waals surface area contributed by atoms with Crippen LogP contribution in [-0.4, -0.2) is 18.8 Å². The molecule has 1 unspecified atom stereocenters. The van der Waals surface area contributed by atoms with Crippen molar-refractivity contribution in [3.8, 4) is 5.75 Å². The molecule has 0 radical (unpaired) electrons. The van der Waals surface area contributed by atoms with E-state index in [0.29, 0.717) is 0 Å². The summed E-state index contributed by atoms with van der Waals surface area (Å²) < 4.78 is 5.37. The fourth-order valence-corrected chi connectivity index (χ4v) is 1.89. The van der Waals surface area contributed by atoms with Crippen molar-refractivity contribution < 1.29 is 9.84 Å². The normalized spacial score (nSPS) is 12.7. The highest BCUT2D eigenvalue weighted by Gasteiger charge is 2.17. The number of methoxy groups -OCH3 is 1. The lowest BCUT2D eigenvalue weighted by Crippen LogP contribution is -2.17. The molecule has 0 heterocycles. The van der Waals surface area contributed by atoms with Crippen LogP contribution in [0.5, 0.6) is 5.75 Å². The summed E-state index contributed by atoms with van der Waals surface area (Å²) in [5.74, 6) is 0.800. The van der Waals surface area contributed by atoms with Gasteiger partial charge in [-0.2, -0.15) is 0 Å². The van der Waals surface area contributed by atoms with Crippen LogP contribution in [0.1, 0.15) is 28.3 Å². The lowest BCUT2D eigenvalue weighted by molar-refractivity contribution is 0.264. The standard InChI is InChI=1S/C12H19NO2/c1-7-5-8(2)11(10(13)6-14)12(15-4)9(7)3/h5,10,14H,6,13H2,1-4H3. The van der Waals surface area contributed by atoms with E-state index in [2.05, 4.69) is 6.07 Å². The minimum Gasteiger partial charge on any atom is -0.496 e. The van der Waals surface area contributed by atoms with Crippen LogP contribution in [0.15, 0.2) is 6.07 Å². The summed E-state index contributed by atoms with van der Waals surface area (Å²) in [6, 6.07) is 1.70. The molecule has 15 heavy (non-hydrogen) atoms. The first-order valence-corrected chi connectivity index (χ1v) is 5.04. The highest BCUT2D eigenvalue weighted by Crippen LogP contribution is 2.32. The maximum atomic E-state index is 9.11. The third-order valence-corrected chi connectivity index (χ3v) is 2.81. The molecule has 3 N–H and O–H groups in total. The minimum atomic E-state index is -0.376. The Bertz CT molecular complexity index is 361. The second kappa shape index (κ2) is 4.64. The van der Waals surface area contributed by atoms with Gasteiger partial charge in [-0.3, -0.25) is 0 Å². The summed E-state index contributed by atoms with van der Waals surface area (Å²) >= 11 is 0. The quantitative estimate of drug-likeness (QED) is 0.795. The molecular weight excluding hydrogens is 190 g/mol. The SMILES string of the molecule is COc1c(C)c(C)cc(C)c1C(N)CO. The molecule has 3 nitrogen and oxygen atoms in total. The van der Waals surface area contributed by atoms with Crippen LogP contribution in [0.2, 0.25) is 0 Å². The van der Waals surface area contributed by atoms with Gasteiger partial charge >= 0.3 is 0 Å². The number of aryl methyl sites for hydroxylation is 2. The topological polar surface area (TPSA) is 55.5 Å². The number of hydrogen-bond donors (Lipinski definition) is 2. The van der Waals surface area contributed by atoms with Crippen molar-refractivity contribution in [2.75, 3.05) is 13.7 Å². The summed E-state index contributed by atoms with van der Waals surface area (Å²) in [6.45, 7) is 5.96. The third-order valence-electron chi connectivity index (χ3n) is 2.81. The molecule has 0 fully saturated rings. The van der Waals surface area contributed by atoms with E-state index in [0.717, 1.165) is 22.4 Å². The van der Waals surface area contributed by atoms with Gasteiger partial charge in [-0.25, -0.2) is 0 Å². The molecule has 0 saturated carbocycles. The zero-order valence-electron chi connectivity index (χ0n) is 9.79. The van der Waals surface area contributed by atoms with Gasteiger partial charge in [0, 0.05) is 5.56 Å². The van der Waals surface area contributed by atoms with Gasteiger partial charge in [0.05, 0.1) is 19.8 Å². The number of nitrogens with two attached hydrogens (primary N) is 1. The van der Waals surface area contributed by atoms with E-state index in [4.69, 9.17) is 15.6 Å². The van der Waals surface area contributed by atoms with Crippen molar-refractivity contribution in [1.29, 1.82) is 0 Å². The molecule has 0 aliphatic heterocycles. The Kier molecular flexibility index (Phi) is 3.72. The van der Waals surface area contributed by atoms with Crippen molar-refractivity contribution >= 4 is 0 Å². The van der Waals surface area contributed by atoms with Crippen LogP contribution >= 0.6 is 0 Å². The first-order valence-electron chi connectivity index (χ1n) is 5.04. The van der Waals surface area contributed by atoms with E-state index < -0.39 is 0 Å². The number of benzene rings is 1. The lowest BCUT2D eigenvalue weighted by atomic mass is 9.95. The molecule has 84 valence electrons. The van der Waals surface area contributed by atoms with Gasteiger partial charge in [-0.15, -0.1) is 0 Å². The molecule has 0 aromatic heterocycles. The van der Waals surface area contributed by atoms with E-state index in [1.807, 2.05) is 20.8 Å². The van der Waals surface area contributed by atoms with Gasteiger partial charge in [0.25, 0.3) is 0 Å².